The minimum Gasteiger partial charge on any atom is -0.247 e. The molecule has 2 nitrogen and oxygen atoms in total. The summed E-state index contributed by atoms with van der Waals surface area (Å²) in [7, 11) is 0. The highest BCUT2D eigenvalue weighted by molar-refractivity contribution is 7.09. The third kappa shape index (κ3) is 1.74. The van der Waals surface area contributed by atoms with Crippen LogP contribution in [0.25, 0.3) is 0 Å². The number of hydrogen-bond donors (Lipinski definition) is 0. The van der Waals surface area contributed by atoms with E-state index in [-0.39, 0.29) is 5.41 Å². The van der Waals surface area contributed by atoms with Crippen LogP contribution >= 0.6 is 11.3 Å². The molecule has 1 aromatic carbocycles. The lowest BCUT2D eigenvalue weighted by atomic mass is 9.80. The maximum absolute atomic E-state index is 9.66. The first-order valence-electron chi connectivity index (χ1n) is 6.14. The normalized spacial score (nSPS) is 21.6. The van der Waals surface area contributed by atoms with Gasteiger partial charge in [0.05, 0.1) is 16.5 Å². The second kappa shape index (κ2) is 4.22. The lowest BCUT2D eigenvalue weighted by Gasteiger charge is -2.20. The molecule has 0 saturated heterocycles. The summed E-state index contributed by atoms with van der Waals surface area (Å²) >= 11 is 1.66. The molecule has 3 rings (SSSR count). The molecule has 2 aromatic rings. The first-order valence-corrected chi connectivity index (χ1v) is 7.02. The third-order valence-corrected chi connectivity index (χ3v) is 4.65. The Kier molecular flexibility index (Phi) is 2.68. The van der Waals surface area contributed by atoms with Crippen LogP contribution in [0.2, 0.25) is 0 Å². The Labute approximate surface area is 111 Å². The van der Waals surface area contributed by atoms with E-state index in [2.05, 4.69) is 34.6 Å². The molecule has 0 fully saturated rings. The van der Waals surface area contributed by atoms with Gasteiger partial charge in [-0.3, -0.25) is 0 Å². The van der Waals surface area contributed by atoms with Crippen LogP contribution < -0.4 is 0 Å². The number of benzene rings is 1. The van der Waals surface area contributed by atoms with E-state index >= 15 is 0 Å². The molecule has 3 heteroatoms. The van der Waals surface area contributed by atoms with Crippen molar-refractivity contribution in [3.8, 4) is 6.07 Å². The van der Waals surface area contributed by atoms with Crippen molar-refractivity contribution in [2.45, 2.75) is 31.6 Å². The summed E-state index contributed by atoms with van der Waals surface area (Å²) in [6.07, 6.45) is 2.68. The zero-order valence-electron chi connectivity index (χ0n) is 10.3. The highest BCUT2D eigenvalue weighted by atomic mass is 32.1. The fourth-order valence-electron chi connectivity index (χ4n) is 2.77. The summed E-state index contributed by atoms with van der Waals surface area (Å²) < 4.78 is 0. The van der Waals surface area contributed by atoms with Gasteiger partial charge >= 0.3 is 0 Å². The van der Waals surface area contributed by atoms with Crippen molar-refractivity contribution in [1.29, 1.82) is 5.26 Å². The van der Waals surface area contributed by atoms with Crippen LogP contribution in [-0.2, 0) is 18.3 Å². The largest absolute Gasteiger partial charge is 0.247 e. The van der Waals surface area contributed by atoms with Gasteiger partial charge in [-0.2, -0.15) is 5.26 Å². The Balaban J connectivity index is 2.00. The quantitative estimate of drug-likeness (QED) is 0.823. The number of thiazole rings is 1. The number of aryl methyl sites for hydroxylation is 2. The second-order valence-corrected chi connectivity index (χ2v) is 5.85. The minimum absolute atomic E-state index is 0.360. The number of hydrogen-bond acceptors (Lipinski definition) is 3. The van der Waals surface area contributed by atoms with E-state index in [0.717, 1.165) is 30.0 Å². The zero-order valence-corrected chi connectivity index (χ0v) is 11.1. The molecule has 0 radical (unpaired) electrons. The van der Waals surface area contributed by atoms with E-state index in [1.807, 2.05) is 13.0 Å². The van der Waals surface area contributed by atoms with Crippen molar-refractivity contribution in [3.05, 3.63) is 51.5 Å². The van der Waals surface area contributed by atoms with Crippen molar-refractivity contribution in [1.82, 2.24) is 4.98 Å². The third-order valence-electron chi connectivity index (χ3n) is 3.69. The molecule has 1 atom stereocenters. The highest BCUT2D eigenvalue weighted by Gasteiger charge is 2.39. The Hall–Kier alpha value is -1.66. The standard InChI is InChI=1S/C15H14N2S/c1-11-9-18-14(17-11)8-15(10-16)7-6-12-4-2-3-5-13(12)15/h2-5,9H,6-8H2,1H3. The molecular formula is C15H14N2S. The molecule has 0 saturated carbocycles. The van der Waals surface area contributed by atoms with Crippen LogP contribution in [0.15, 0.2) is 29.6 Å². The van der Waals surface area contributed by atoms with Gasteiger partial charge in [-0.15, -0.1) is 11.3 Å². The fourth-order valence-corrected chi connectivity index (χ4v) is 3.65. The number of nitriles is 1. The molecule has 1 aromatic heterocycles. The smallest absolute Gasteiger partial charge is 0.0947 e. The molecule has 0 spiro atoms. The number of rotatable bonds is 2. The molecule has 0 amide bonds. The van der Waals surface area contributed by atoms with Crippen molar-refractivity contribution < 1.29 is 0 Å². The predicted octanol–water partition coefficient (Wildman–Crippen LogP) is 3.40. The Morgan fingerprint density at radius 1 is 1.44 bits per heavy atom. The van der Waals surface area contributed by atoms with Crippen molar-refractivity contribution in [3.63, 3.8) is 0 Å². The number of aromatic nitrogens is 1. The Morgan fingerprint density at radius 2 is 2.28 bits per heavy atom. The molecule has 90 valence electrons. The summed E-state index contributed by atoms with van der Waals surface area (Å²) in [5.74, 6) is 0. The van der Waals surface area contributed by atoms with Crippen LogP contribution in [0.1, 0.15) is 28.2 Å². The summed E-state index contributed by atoms with van der Waals surface area (Å²) in [4.78, 5) is 4.51. The predicted molar refractivity (Wildman–Crippen MR) is 72.6 cm³/mol. The highest BCUT2D eigenvalue weighted by Crippen LogP contribution is 2.41. The molecule has 1 aliphatic carbocycles. The maximum atomic E-state index is 9.66. The topological polar surface area (TPSA) is 36.7 Å². The molecule has 1 unspecified atom stereocenters. The molecule has 1 aliphatic rings. The van der Waals surface area contributed by atoms with Gasteiger partial charge in [0, 0.05) is 17.5 Å². The van der Waals surface area contributed by atoms with Crippen LogP contribution in [-0.4, -0.2) is 4.98 Å². The van der Waals surface area contributed by atoms with Gasteiger partial charge in [0.2, 0.25) is 0 Å². The average Bonchev–Trinajstić information content (AvgIpc) is 2.96. The van der Waals surface area contributed by atoms with Gasteiger partial charge in [0.15, 0.2) is 0 Å². The van der Waals surface area contributed by atoms with E-state index < -0.39 is 0 Å². The van der Waals surface area contributed by atoms with E-state index in [9.17, 15) is 5.26 Å². The SMILES string of the molecule is Cc1csc(CC2(C#N)CCc3ccccc32)n1. The van der Waals surface area contributed by atoms with E-state index in [4.69, 9.17) is 0 Å². The molecular weight excluding hydrogens is 240 g/mol. The van der Waals surface area contributed by atoms with Gasteiger partial charge in [-0.05, 0) is 30.9 Å². The molecule has 0 N–H and O–H groups in total. The average molecular weight is 254 g/mol. The van der Waals surface area contributed by atoms with Gasteiger partial charge in [0.1, 0.15) is 0 Å². The van der Waals surface area contributed by atoms with E-state index in [1.165, 1.54) is 11.1 Å². The lowest BCUT2D eigenvalue weighted by molar-refractivity contribution is 0.539. The molecule has 18 heavy (non-hydrogen) atoms. The zero-order chi connectivity index (χ0) is 12.6. The van der Waals surface area contributed by atoms with Crippen LogP contribution in [0, 0.1) is 18.3 Å². The van der Waals surface area contributed by atoms with Crippen LogP contribution in [0.3, 0.4) is 0 Å². The van der Waals surface area contributed by atoms with Crippen LogP contribution in [0.5, 0.6) is 0 Å². The Morgan fingerprint density at radius 3 is 3.00 bits per heavy atom. The molecule has 0 aliphatic heterocycles. The number of fused-ring (bicyclic) bond motifs is 1. The first-order chi connectivity index (χ1) is 8.73. The van der Waals surface area contributed by atoms with Crippen molar-refractivity contribution >= 4 is 11.3 Å². The van der Waals surface area contributed by atoms with Gasteiger partial charge in [-0.1, -0.05) is 24.3 Å². The van der Waals surface area contributed by atoms with Crippen molar-refractivity contribution in [2.75, 3.05) is 0 Å². The lowest BCUT2D eigenvalue weighted by Crippen LogP contribution is -2.23. The van der Waals surface area contributed by atoms with Gasteiger partial charge in [-0.25, -0.2) is 4.98 Å². The summed E-state index contributed by atoms with van der Waals surface area (Å²) in [6.45, 7) is 2.00. The second-order valence-electron chi connectivity index (χ2n) is 4.91. The fraction of sp³-hybridized carbons (Fsp3) is 0.333. The summed E-state index contributed by atoms with van der Waals surface area (Å²) in [5, 5.41) is 12.8. The van der Waals surface area contributed by atoms with Gasteiger partial charge in [0.25, 0.3) is 0 Å². The molecule has 0 bridgehead atoms. The molecule has 1 heterocycles. The summed E-state index contributed by atoms with van der Waals surface area (Å²) in [5.41, 5.74) is 3.23. The maximum Gasteiger partial charge on any atom is 0.0947 e. The Bertz CT molecular complexity index is 623. The van der Waals surface area contributed by atoms with Crippen molar-refractivity contribution in [2.24, 2.45) is 0 Å². The van der Waals surface area contributed by atoms with Gasteiger partial charge < -0.3 is 0 Å². The first kappa shape index (κ1) is 11.4. The minimum atomic E-state index is -0.360. The summed E-state index contributed by atoms with van der Waals surface area (Å²) in [6, 6.07) is 10.9. The van der Waals surface area contributed by atoms with E-state index in [1.54, 1.807) is 11.3 Å². The number of nitrogens with zero attached hydrogens (tertiary/aromatic N) is 2. The van der Waals surface area contributed by atoms with Crippen LogP contribution in [0.4, 0.5) is 0 Å². The van der Waals surface area contributed by atoms with E-state index in [0.29, 0.717) is 0 Å². The monoisotopic (exact) mass is 254 g/mol.